The fourth-order valence-corrected chi connectivity index (χ4v) is 2.18. The largest absolute Gasteiger partial charge is 0.383 e. The number of anilines is 2. The maximum absolute atomic E-state index is 5.28. The summed E-state index contributed by atoms with van der Waals surface area (Å²) in [7, 11) is 5.30. The molecule has 1 aromatic heterocycles. The van der Waals surface area contributed by atoms with Crippen molar-refractivity contribution in [3.05, 3.63) is 11.9 Å². The van der Waals surface area contributed by atoms with Crippen molar-refractivity contribution in [1.29, 1.82) is 0 Å². The van der Waals surface area contributed by atoms with Gasteiger partial charge in [-0.25, -0.2) is 9.97 Å². The molecule has 120 valence electrons. The molecular formula is C15H28N4O2. The lowest BCUT2D eigenvalue weighted by molar-refractivity contribution is 0.170. The van der Waals surface area contributed by atoms with E-state index in [1.807, 2.05) is 13.1 Å². The van der Waals surface area contributed by atoms with Crippen molar-refractivity contribution in [2.75, 3.05) is 51.2 Å². The van der Waals surface area contributed by atoms with Crippen LogP contribution >= 0.6 is 0 Å². The molecule has 1 N–H and O–H groups in total. The molecule has 1 rings (SSSR count). The average Bonchev–Trinajstić information content (AvgIpc) is 2.48. The van der Waals surface area contributed by atoms with Crippen LogP contribution in [0.5, 0.6) is 0 Å². The van der Waals surface area contributed by atoms with Gasteiger partial charge >= 0.3 is 0 Å². The summed E-state index contributed by atoms with van der Waals surface area (Å²) in [6, 6.07) is 2.19. The summed E-state index contributed by atoms with van der Waals surface area (Å²) in [4.78, 5) is 11.4. The molecule has 1 atom stereocenters. The quantitative estimate of drug-likeness (QED) is 0.712. The van der Waals surface area contributed by atoms with Crippen molar-refractivity contribution in [3.63, 3.8) is 0 Å². The van der Waals surface area contributed by atoms with E-state index in [2.05, 4.69) is 29.0 Å². The number of hydrogen-bond donors (Lipinski definition) is 1. The monoisotopic (exact) mass is 296 g/mol. The number of nitrogens with one attached hydrogen (secondary N) is 1. The van der Waals surface area contributed by atoms with Gasteiger partial charge in [-0.3, -0.25) is 0 Å². The van der Waals surface area contributed by atoms with Gasteiger partial charge in [0.2, 0.25) is 0 Å². The van der Waals surface area contributed by atoms with E-state index in [0.717, 1.165) is 36.8 Å². The first-order valence-electron chi connectivity index (χ1n) is 7.46. The Labute approximate surface area is 127 Å². The summed E-state index contributed by atoms with van der Waals surface area (Å²) >= 11 is 0. The second kappa shape index (κ2) is 9.52. The van der Waals surface area contributed by atoms with Gasteiger partial charge in [0.05, 0.1) is 19.3 Å². The summed E-state index contributed by atoms with van der Waals surface area (Å²) in [6.07, 6.45) is 1.90. The van der Waals surface area contributed by atoms with Crippen LogP contribution in [0.15, 0.2) is 6.07 Å². The lowest BCUT2D eigenvalue weighted by Crippen LogP contribution is -2.39. The molecule has 0 aromatic carbocycles. The molecule has 1 heterocycles. The lowest BCUT2D eigenvalue weighted by Gasteiger charge is -2.30. The van der Waals surface area contributed by atoms with Gasteiger partial charge < -0.3 is 19.7 Å². The van der Waals surface area contributed by atoms with Gasteiger partial charge in [0.25, 0.3) is 0 Å². The first-order valence-corrected chi connectivity index (χ1v) is 7.46. The van der Waals surface area contributed by atoms with Crippen molar-refractivity contribution >= 4 is 11.6 Å². The van der Waals surface area contributed by atoms with Crippen LogP contribution in [0.3, 0.4) is 0 Å². The second-order valence-electron chi connectivity index (χ2n) is 5.02. The molecular weight excluding hydrogens is 268 g/mol. The van der Waals surface area contributed by atoms with E-state index in [-0.39, 0.29) is 6.04 Å². The van der Waals surface area contributed by atoms with Gasteiger partial charge in [0.15, 0.2) is 0 Å². The third-order valence-corrected chi connectivity index (χ3v) is 3.26. The van der Waals surface area contributed by atoms with Gasteiger partial charge in [-0.05, 0) is 13.3 Å². The summed E-state index contributed by atoms with van der Waals surface area (Å²) in [6.45, 7) is 6.32. The molecule has 0 spiro atoms. The van der Waals surface area contributed by atoms with Crippen molar-refractivity contribution in [1.82, 2.24) is 9.97 Å². The SMILES string of the molecule is CCCc1nc(NC)cc(N(CCOC)C(C)COC)n1. The highest BCUT2D eigenvalue weighted by molar-refractivity contribution is 5.50. The fourth-order valence-electron chi connectivity index (χ4n) is 2.18. The average molecular weight is 296 g/mol. The Hall–Kier alpha value is -1.40. The van der Waals surface area contributed by atoms with E-state index in [1.54, 1.807) is 14.2 Å². The van der Waals surface area contributed by atoms with Crippen LogP contribution in [-0.2, 0) is 15.9 Å². The number of nitrogens with zero attached hydrogens (tertiary/aromatic N) is 3. The Morgan fingerprint density at radius 2 is 2.05 bits per heavy atom. The highest BCUT2D eigenvalue weighted by atomic mass is 16.5. The van der Waals surface area contributed by atoms with Gasteiger partial charge in [-0.1, -0.05) is 6.92 Å². The van der Waals surface area contributed by atoms with Gasteiger partial charge in [-0.15, -0.1) is 0 Å². The smallest absolute Gasteiger partial charge is 0.134 e. The molecule has 0 aliphatic rings. The molecule has 0 aliphatic heterocycles. The molecule has 0 radical (unpaired) electrons. The van der Waals surface area contributed by atoms with E-state index >= 15 is 0 Å². The normalized spacial score (nSPS) is 12.2. The number of aryl methyl sites for hydroxylation is 1. The molecule has 6 heteroatoms. The van der Waals surface area contributed by atoms with E-state index in [9.17, 15) is 0 Å². The summed E-state index contributed by atoms with van der Waals surface area (Å²) in [5.41, 5.74) is 0. The first kappa shape index (κ1) is 17.7. The van der Waals surface area contributed by atoms with E-state index in [0.29, 0.717) is 13.2 Å². The maximum atomic E-state index is 5.28. The highest BCUT2D eigenvalue weighted by Gasteiger charge is 2.17. The van der Waals surface area contributed by atoms with Crippen LogP contribution < -0.4 is 10.2 Å². The molecule has 0 bridgehead atoms. The fraction of sp³-hybridized carbons (Fsp3) is 0.733. The highest BCUT2D eigenvalue weighted by Crippen LogP contribution is 2.19. The summed E-state index contributed by atoms with van der Waals surface area (Å²) < 4.78 is 10.5. The van der Waals surface area contributed by atoms with Crippen LogP contribution in [0, 0.1) is 0 Å². The van der Waals surface area contributed by atoms with E-state index < -0.39 is 0 Å². The van der Waals surface area contributed by atoms with E-state index in [4.69, 9.17) is 14.5 Å². The van der Waals surface area contributed by atoms with Crippen molar-refractivity contribution in [3.8, 4) is 0 Å². The van der Waals surface area contributed by atoms with Gasteiger partial charge in [0.1, 0.15) is 17.5 Å². The molecule has 0 amide bonds. The van der Waals surface area contributed by atoms with Crippen LogP contribution in [-0.4, -0.2) is 57.0 Å². The molecule has 1 aromatic rings. The zero-order valence-corrected chi connectivity index (χ0v) is 13.8. The van der Waals surface area contributed by atoms with Crippen molar-refractivity contribution < 1.29 is 9.47 Å². The number of rotatable bonds is 10. The van der Waals surface area contributed by atoms with Gasteiger partial charge in [-0.2, -0.15) is 0 Å². The predicted octanol–water partition coefficient (Wildman–Crippen LogP) is 1.96. The minimum absolute atomic E-state index is 0.222. The number of aromatic nitrogens is 2. The Morgan fingerprint density at radius 3 is 2.62 bits per heavy atom. The molecule has 0 aliphatic carbocycles. The Kier molecular flexibility index (Phi) is 8.00. The molecule has 21 heavy (non-hydrogen) atoms. The standard InChI is InChI=1S/C15H28N4O2/c1-6-7-13-17-14(16-3)10-15(18-13)19(8-9-20-4)12(2)11-21-5/h10,12H,6-9,11H2,1-5H3,(H,16,17,18). The number of ether oxygens (including phenoxy) is 2. The predicted molar refractivity (Wildman–Crippen MR) is 86.1 cm³/mol. The van der Waals surface area contributed by atoms with Gasteiger partial charge in [0, 0.05) is 40.3 Å². The molecule has 1 unspecified atom stereocenters. The molecule has 6 nitrogen and oxygen atoms in total. The van der Waals surface area contributed by atoms with Crippen LogP contribution in [0.1, 0.15) is 26.1 Å². The minimum Gasteiger partial charge on any atom is -0.383 e. The third kappa shape index (κ3) is 5.47. The molecule has 0 saturated carbocycles. The Balaban J connectivity index is 3.05. The lowest BCUT2D eigenvalue weighted by atomic mass is 10.2. The molecule has 0 fully saturated rings. The Bertz CT molecular complexity index is 415. The third-order valence-electron chi connectivity index (χ3n) is 3.26. The molecule has 0 saturated heterocycles. The minimum atomic E-state index is 0.222. The van der Waals surface area contributed by atoms with Crippen molar-refractivity contribution in [2.45, 2.75) is 32.7 Å². The maximum Gasteiger partial charge on any atom is 0.134 e. The zero-order valence-electron chi connectivity index (χ0n) is 13.8. The second-order valence-corrected chi connectivity index (χ2v) is 5.02. The number of methoxy groups -OCH3 is 2. The van der Waals surface area contributed by atoms with Crippen LogP contribution in [0.25, 0.3) is 0 Å². The zero-order chi connectivity index (χ0) is 15.7. The van der Waals surface area contributed by atoms with E-state index in [1.165, 1.54) is 0 Å². The first-order chi connectivity index (χ1) is 10.2. The summed E-state index contributed by atoms with van der Waals surface area (Å²) in [5, 5.41) is 3.11. The van der Waals surface area contributed by atoms with Crippen molar-refractivity contribution in [2.24, 2.45) is 0 Å². The van der Waals surface area contributed by atoms with Crippen LogP contribution in [0.4, 0.5) is 11.6 Å². The van der Waals surface area contributed by atoms with Crippen LogP contribution in [0.2, 0.25) is 0 Å². The topological polar surface area (TPSA) is 59.5 Å². The Morgan fingerprint density at radius 1 is 1.29 bits per heavy atom. The summed E-state index contributed by atoms with van der Waals surface area (Å²) in [5.74, 6) is 2.63. The number of hydrogen-bond acceptors (Lipinski definition) is 6.